The van der Waals surface area contributed by atoms with Crippen molar-refractivity contribution in [1.82, 2.24) is 0 Å². The number of hydrogen-bond acceptors (Lipinski definition) is 2. The Hall–Kier alpha value is -1.51. The summed E-state index contributed by atoms with van der Waals surface area (Å²) in [5.41, 5.74) is 1.21. The van der Waals surface area contributed by atoms with Crippen molar-refractivity contribution in [2.75, 3.05) is 18.6 Å². The Kier molecular flexibility index (Phi) is 2.03. The van der Waals surface area contributed by atoms with Gasteiger partial charge in [-0.2, -0.15) is 0 Å². The van der Waals surface area contributed by atoms with E-state index in [1.807, 2.05) is 29.2 Å². The van der Waals surface area contributed by atoms with Crippen LogP contribution in [-0.2, 0) is 4.79 Å². The van der Waals surface area contributed by atoms with Crippen LogP contribution in [0.4, 0.5) is 5.69 Å². The molecule has 17 heavy (non-hydrogen) atoms. The number of ether oxygens (including phenoxy) is 1. The maximum atomic E-state index is 12.2. The summed E-state index contributed by atoms with van der Waals surface area (Å²) in [5, 5.41) is 0. The predicted molar refractivity (Wildman–Crippen MR) is 66.1 cm³/mol. The minimum absolute atomic E-state index is 0.222. The number of methoxy groups -OCH3 is 1. The molecule has 2 atom stereocenters. The number of carbonyl (C=O) groups excluding carboxylic acids is 1. The smallest absolute Gasteiger partial charge is 0.231 e. The van der Waals surface area contributed by atoms with Gasteiger partial charge in [-0.1, -0.05) is 13.8 Å². The summed E-state index contributed by atoms with van der Waals surface area (Å²) in [4.78, 5) is 14.1. The number of hydrogen-bond donors (Lipinski definition) is 0. The van der Waals surface area contributed by atoms with Gasteiger partial charge in [-0.15, -0.1) is 0 Å². The molecule has 3 rings (SSSR count). The van der Waals surface area contributed by atoms with E-state index in [1.165, 1.54) is 0 Å². The van der Waals surface area contributed by atoms with Gasteiger partial charge >= 0.3 is 0 Å². The normalized spacial score (nSPS) is 29.1. The monoisotopic (exact) mass is 231 g/mol. The molecule has 0 unspecified atom stereocenters. The highest BCUT2D eigenvalue weighted by Crippen LogP contribution is 2.63. The first-order chi connectivity index (χ1) is 8.05. The van der Waals surface area contributed by atoms with Crippen LogP contribution in [0.25, 0.3) is 0 Å². The number of carbonyl (C=O) groups is 1. The van der Waals surface area contributed by atoms with E-state index >= 15 is 0 Å². The molecule has 3 nitrogen and oxygen atoms in total. The quantitative estimate of drug-likeness (QED) is 0.781. The van der Waals surface area contributed by atoms with Crippen molar-refractivity contribution >= 4 is 11.6 Å². The van der Waals surface area contributed by atoms with E-state index in [0.29, 0.717) is 5.92 Å². The molecule has 1 aromatic rings. The summed E-state index contributed by atoms with van der Waals surface area (Å²) in [7, 11) is 1.65. The number of piperidine rings is 1. The van der Waals surface area contributed by atoms with Crippen LogP contribution in [-0.4, -0.2) is 19.6 Å². The Morgan fingerprint density at radius 1 is 1.29 bits per heavy atom. The van der Waals surface area contributed by atoms with E-state index in [9.17, 15) is 4.79 Å². The molecule has 1 aliphatic heterocycles. The second kappa shape index (κ2) is 3.25. The van der Waals surface area contributed by atoms with Crippen molar-refractivity contribution in [3.8, 4) is 5.75 Å². The molecule has 1 amide bonds. The Morgan fingerprint density at radius 3 is 2.41 bits per heavy atom. The number of nitrogens with zero attached hydrogens (tertiary/aromatic N) is 1. The van der Waals surface area contributed by atoms with Gasteiger partial charge in [0.1, 0.15) is 5.75 Å². The molecule has 0 N–H and O–H groups in total. The van der Waals surface area contributed by atoms with Crippen molar-refractivity contribution in [2.45, 2.75) is 13.8 Å². The number of amides is 1. The van der Waals surface area contributed by atoms with Gasteiger partial charge in [0.25, 0.3) is 0 Å². The molecule has 1 heterocycles. The fourth-order valence-electron chi connectivity index (χ4n) is 3.02. The minimum Gasteiger partial charge on any atom is -0.497 e. The lowest BCUT2D eigenvalue weighted by Crippen LogP contribution is -2.31. The number of fused-ring (bicyclic) bond motifs is 1. The Bertz CT molecular complexity index is 464. The second-order valence-electron chi connectivity index (χ2n) is 5.55. The molecule has 0 bridgehead atoms. The lowest BCUT2D eigenvalue weighted by molar-refractivity contribution is -0.119. The van der Waals surface area contributed by atoms with Crippen LogP contribution in [0, 0.1) is 17.3 Å². The predicted octanol–water partition coefficient (Wildman–Crippen LogP) is 2.31. The Labute approximate surface area is 101 Å². The van der Waals surface area contributed by atoms with Crippen LogP contribution in [0.15, 0.2) is 24.3 Å². The zero-order valence-corrected chi connectivity index (χ0v) is 10.4. The van der Waals surface area contributed by atoms with Gasteiger partial charge in [0, 0.05) is 18.2 Å². The molecule has 1 aliphatic carbocycles. The highest BCUT2D eigenvalue weighted by molar-refractivity contribution is 6.01. The van der Waals surface area contributed by atoms with Crippen molar-refractivity contribution in [2.24, 2.45) is 17.3 Å². The van der Waals surface area contributed by atoms with Crippen molar-refractivity contribution in [1.29, 1.82) is 0 Å². The highest BCUT2D eigenvalue weighted by Gasteiger charge is 2.67. The summed E-state index contributed by atoms with van der Waals surface area (Å²) in [6, 6.07) is 7.71. The summed E-state index contributed by atoms with van der Waals surface area (Å²) in [6.45, 7) is 5.24. The Morgan fingerprint density at radius 2 is 1.94 bits per heavy atom. The van der Waals surface area contributed by atoms with Crippen molar-refractivity contribution < 1.29 is 9.53 Å². The average Bonchev–Trinajstić information content (AvgIpc) is 2.68. The van der Waals surface area contributed by atoms with E-state index in [-0.39, 0.29) is 17.2 Å². The van der Waals surface area contributed by atoms with Crippen LogP contribution in [0.2, 0.25) is 0 Å². The van der Waals surface area contributed by atoms with E-state index in [1.54, 1.807) is 7.11 Å². The van der Waals surface area contributed by atoms with Gasteiger partial charge < -0.3 is 9.64 Å². The summed E-state index contributed by atoms with van der Waals surface area (Å²) in [6.07, 6.45) is 0. The van der Waals surface area contributed by atoms with Gasteiger partial charge in [0.2, 0.25) is 5.91 Å². The van der Waals surface area contributed by atoms with Crippen LogP contribution in [0.1, 0.15) is 13.8 Å². The molecule has 0 radical (unpaired) electrons. The zero-order valence-electron chi connectivity index (χ0n) is 10.4. The van der Waals surface area contributed by atoms with Crippen molar-refractivity contribution in [3.63, 3.8) is 0 Å². The van der Waals surface area contributed by atoms with E-state index in [2.05, 4.69) is 13.8 Å². The first-order valence-electron chi connectivity index (χ1n) is 6.01. The van der Waals surface area contributed by atoms with Gasteiger partial charge in [-0.25, -0.2) is 0 Å². The second-order valence-corrected chi connectivity index (χ2v) is 5.55. The third-order valence-corrected chi connectivity index (χ3v) is 4.35. The zero-order chi connectivity index (χ0) is 12.2. The van der Waals surface area contributed by atoms with Gasteiger partial charge in [0.05, 0.1) is 7.11 Å². The molecular formula is C14H17NO2. The SMILES string of the molecule is COc1ccc(N2C[C@H]3[C@@H](C2=O)C3(C)C)cc1. The van der Waals surface area contributed by atoms with Gasteiger partial charge in [-0.05, 0) is 35.6 Å². The fourth-order valence-corrected chi connectivity index (χ4v) is 3.02. The third kappa shape index (κ3) is 1.38. The highest BCUT2D eigenvalue weighted by atomic mass is 16.5. The Balaban J connectivity index is 1.81. The molecule has 1 aromatic carbocycles. The molecule has 2 fully saturated rings. The number of benzene rings is 1. The number of rotatable bonds is 2. The maximum Gasteiger partial charge on any atom is 0.231 e. The summed E-state index contributed by atoms with van der Waals surface area (Å²) < 4.78 is 5.12. The first kappa shape index (κ1) is 10.6. The molecule has 0 spiro atoms. The lowest BCUT2D eigenvalue weighted by atomic mass is 10.1. The van der Waals surface area contributed by atoms with Crippen LogP contribution in [0.3, 0.4) is 0 Å². The average molecular weight is 231 g/mol. The largest absolute Gasteiger partial charge is 0.497 e. The molecule has 1 saturated heterocycles. The van der Waals surface area contributed by atoms with E-state index in [0.717, 1.165) is 18.0 Å². The summed E-state index contributed by atoms with van der Waals surface area (Å²) in [5.74, 6) is 1.89. The van der Waals surface area contributed by atoms with E-state index < -0.39 is 0 Å². The number of anilines is 1. The third-order valence-electron chi connectivity index (χ3n) is 4.35. The van der Waals surface area contributed by atoms with Crippen LogP contribution < -0.4 is 9.64 Å². The first-order valence-corrected chi connectivity index (χ1v) is 6.01. The van der Waals surface area contributed by atoms with E-state index in [4.69, 9.17) is 4.74 Å². The molecule has 90 valence electrons. The van der Waals surface area contributed by atoms with Crippen molar-refractivity contribution in [3.05, 3.63) is 24.3 Å². The molecule has 2 aliphatic rings. The maximum absolute atomic E-state index is 12.2. The molecule has 1 saturated carbocycles. The minimum atomic E-state index is 0.222. The summed E-state index contributed by atoms with van der Waals surface area (Å²) >= 11 is 0. The molecular weight excluding hydrogens is 214 g/mol. The lowest BCUT2D eigenvalue weighted by Gasteiger charge is -2.22. The fraction of sp³-hybridized carbons (Fsp3) is 0.500. The van der Waals surface area contributed by atoms with Gasteiger partial charge in [0.15, 0.2) is 0 Å². The standard InChI is InChI=1S/C14H17NO2/c1-14(2)11-8-15(13(16)12(11)14)9-4-6-10(17-3)7-5-9/h4-7,11-12H,8H2,1-3H3/t11-,12-/m0/s1. The molecule has 3 heteroatoms. The topological polar surface area (TPSA) is 29.5 Å². The van der Waals surface area contributed by atoms with Crippen LogP contribution >= 0.6 is 0 Å². The van der Waals surface area contributed by atoms with Crippen LogP contribution in [0.5, 0.6) is 5.75 Å². The van der Waals surface area contributed by atoms with Gasteiger partial charge in [-0.3, -0.25) is 4.79 Å². The molecule has 0 aromatic heterocycles.